The average molecular weight is 220 g/mol. The van der Waals surface area contributed by atoms with Gasteiger partial charge in [0.2, 0.25) is 6.10 Å². The monoisotopic (exact) mass is 220 g/mol. The highest BCUT2D eigenvalue weighted by atomic mass is 19.2. The van der Waals surface area contributed by atoms with Gasteiger partial charge in [0.25, 0.3) is 0 Å². The predicted molar refractivity (Wildman–Crippen MR) is 39.6 cm³/mol. The van der Waals surface area contributed by atoms with E-state index in [1.54, 1.807) is 0 Å². The van der Waals surface area contributed by atoms with Crippen LogP contribution in [0.2, 0.25) is 0 Å². The summed E-state index contributed by atoms with van der Waals surface area (Å²) in [6.07, 6.45) is -2.43. The summed E-state index contributed by atoms with van der Waals surface area (Å²) in [4.78, 5) is 12.6. The van der Waals surface area contributed by atoms with Crippen LogP contribution in [0.4, 0.5) is 13.2 Å². The molecule has 0 bridgehead atoms. The molecule has 15 heavy (non-hydrogen) atoms. The van der Waals surface area contributed by atoms with E-state index < -0.39 is 40.8 Å². The molecule has 0 fully saturated rings. The molecule has 2 N–H and O–H groups in total. The van der Waals surface area contributed by atoms with Crippen LogP contribution < -0.4 is 0 Å². The fourth-order valence-electron chi connectivity index (χ4n) is 1.01. The zero-order valence-corrected chi connectivity index (χ0v) is 6.91. The summed E-state index contributed by atoms with van der Waals surface area (Å²) in [5.41, 5.74) is 5.65. The SMILES string of the molecule is [N-]=[N+]=C1C(C(=O)O)=C(F)C(F)=C(F)C1O. The van der Waals surface area contributed by atoms with Gasteiger partial charge in [-0.1, -0.05) is 0 Å². The van der Waals surface area contributed by atoms with Gasteiger partial charge in [-0.15, -0.1) is 0 Å². The van der Waals surface area contributed by atoms with E-state index in [1.807, 2.05) is 0 Å². The molecule has 0 amide bonds. The van der Waals surface area contributed by atoms with Crippen LogP contribution in [-0.4, -0.2) is 32.8 Å². The molecule has 8 heteroatoms. The predicted octanol–water partition coefficient (Wildman–Crippen LogP) is 0.490. The molecule has 0 radical (unpaired) electrons. The topological polar surface area (TPSA) is 93.9 Å². The number of carboxylic acids is 1. The first-order valence-corrected chi connectivity index (χ1v) is 3.50. The van der Waals surface area contributed by atoms with Crippen LogP contribution in [0, 0.1) is 0 Å². The number of aliphatic carboxylic acids is 1. The minimum absolute atomic E-state index is 1.20. The molecule has 0 aromatic carbocycles. The second kappa shape index (κ2) is 3.68. The van der Waals surface area contributed by atoms with E-state index >= 15 is 0 Å². The van der Waals surface area contributed by atoms with Crippen molar-refractivity contribution in [2.24, 2.45) is 0 Å². The Balaban J connectivity index is 3.55. The Bertz CT molecular complexity index is 448. The molecular formula is C7H3F3N2O3. The number of aliphatic hydroxyl groups excluding tert-OH is 1. The molecule has 0 heterocycles. The fraction of sp³-hybridized carbons (Fsp3) is 0.143. The van der Waals surface area contributed by atoms with Gasteiger partial charge in [0.05, 0.1) is 0 Å². The molecule has 80 valence electrons. The summed E-state index contributed by atoms with van der Waals surface area (Å²) < 4.78 is 38.2. The molecule has 0 saturated carbocycles. The molecule has 1 aliphatic carbocycles. The number of aliphatic hydroxyl groups is 1. The first-order chi connectivity index (χ1) is 6.91. The van der Waals surface area contributed by atoms with Crippen LogP contribution in [0.15, 0.2) is 23.1 Å². The third-order valence-electron chi connectivity index (χ3n) is 1.70. The molecule has 0 saturated heterocycles. The van der Waals surface area contributed by atoms with E-state index in [1.165, 1.54) is 0 Å². The van der Waals surface area contributed by atoms with Crippen LogP contribution in [0.1, 0.15) is 0 Å². The maximum absolute atomic E-state index is 12.9. The number of hydrogen-bond acceptors (Lipinski definition) is 2. The first-order valence-electron chi connectivity index (χ1n) is 3.50. The van der Waals surface area contributed by atoms with Crippen molar-refractivity contribution in [3.63, 3.8) is 0 Å². The second-order valence-electron chi connectivity index (χ2n) is 2.54. The van der Waals surface area contributed by atoms with Gasteiger partial charge in [-0.05, 0) is 0 Å². The number of halogens is 3. The highest BCUT2D eigenvalue weighted by molar-refractivity contribution is 6.20. The van der Waals surface area contributed by atoms with Gasteiger partial charge < -0.3 is 15.7 Å². The third-order valence-corrected chi connectivity index (χ3v) is 1.70. The molecule has 1 aliphatic rings. The van der Waals surface area contributed by atoms with Crippen molar-refractivity contribution < 1.29 is 33.0 Å². The minimum atomic E-state index is -2.43. The van der Waals surface area contributed by atoms with Crippen molar-refractivity contribution in [3.05, 3.63) is 28.6 Å². The van der Waals surface area contributed by atoms with Crippen LogP contribution in [0.5, 0.6) is 0 Å². The lowest BCUT2D eigenvalue weighted by Gasteiger charge is -2.11. The molecular weight excluding hydrogens is 217 g/mol. The summed E-state index contributed by atoms with van der Waals surface area (Å²) in [6, 6.07) is 0. The Kier molecular flexibility index (Phi) is 2.74. The van der Waals surface area contributed by atoms with E-state index in [0.29, 0.717) is 0 Å². The quantitative estimate of drug-likeness (QED) is 0.497. The number of carbonyl (C=O) groups is 1. The average Bonchev–Trinajstić information content (AvgIpc) is 2.19. The van der Waals surface area contributed by atoms with Crippen LogP contribution >= 0.6 is 0 Å². The first kappa shape index (κ1) is 11.2. The van der Waals surface area contributed by atoms with Crippen molar-refractivity contribution in [1.82, 2.24) is 0 Å². The van der Waals surface area contributed by atoms with Gasteiger partial charge >= 0.3 is 11.7 Å². The van der Waals surface area contributed by atoms with Crippen LogP contribution in [-0.2, 0) is 4.79 Å². The number of allylic oxidation sites excluding steroid dienone is 2. The van der Waals surface area contributed by atoms with Crippen molar-refractivity contribution in [2.75, 3.05) is 0 Å². The number of rotatable bonds is 1. The largest absolute Gasteiger partial charge is 0.477 e. The normalized spacial score (nSPS) is 21.9. The Hall–Kier alpha value is -1.92. The molecule has 1 atom stereocenters. The summed E-state index contributed by atoms with van der Waals surface area (Å²) in [6.45, 7) is 0. The number of carboxylic acid groups (broad SMARTS) is 1. The Morgan fingerprint density at radius 1 is 1.33 bits per heavy atom. The molecule has 0 spiro atoms. The van der Waals surface area contributed by atoms with Gasteiger partial charge in [0.1, 0.15) is 0 Å². The summed E-state index contributed by atoms with van der Waals surface area (Å²) in [7, 11) is 0. The van der Waals surface area contributed by atoms with Crippen molar-refractivity contribution >= 4 is 11.7 Å². The molecule has 0 aliphatic heterocycles. The third kappa shape index (κ3) is 1.56. The second-order valence-corrected chi connectivity index (χ2v) is 2.54. The van der Waals surface area contributed by atoms with Gasteiger partial charge in [-0.2, -0.15) is 4.79 Å². The van der Waals surface area contributed by atoms with Crippen molar-refractivity contribution in [2.45, 2.75) is 6.10 Å². The standard InChI is InChI=1S/C7H3F3N2O3/c8-2-1(7(14)15)5(12-11)6(13)4(10)3(2)9/h6,13H,(H,14,15). The maximum Gasteiger partial charge on any atom is 0.346 e. The van der Waals surface area contributed by atoms with Crippen LogP contribution in [0.25, 0.3) is 5.53 Å². The Morgan fingerprint density at radius 2 is 1.87 bits per heavy atom. The van der Waals surface area contributed by atoms with E-state index in [4.69, 9.17) is 15.7 Å². The zero-order chi connectivity index (χ0) is 11.7. The number of nitrogens with zero attached hydrogens (tertiary/aromatic N) is 2. The smallest absolute Gasteiger partial charge is 0.346 e. The minimum Gasteiger partial charge on any atom is -0.477 e. The van der Waals surface area contributed by atoms with Crippen LogP contribution in [0.3, 0.4) is 0 Å². The molecule has 0 aromatic rings. The van der Waals surface area contributed by atoms with Gasteiger partial charge in [0, 0.05) is 0 Å². The van der Waals surface area contributed by atoms with Gasteiger partial charge in [-0.3, -0.25) is 0 Å². The highest BCUT2D eigenvalue weighted by Crippen LogP contribution is 2.31. The molecule has 0 aromatic heterocycles. The van der Waals surface area contributed by atoms with E-state index in [2.05, 4.69) is 4.79 Å². The number of hydrogen-bond donors (Lipinski definition) is 2. The lowest BCUT2D eigenvalue weighted by molar-refractivity contribution is -0.132. The molecule has 5 nitrogen and oxygen atoms in total. The van der Waals surface area contributed by atoms with Crippen molar-refractivity contribution in [1.29, 1.82) is 0 Å². The lowest BCUT2D eigenvalue weighted by atomic mass is 9.97. The Morgan fingerprint density at radius 3 is 2.27 bits per heavy atom. The summed E-state index contributed by atoms with van der Waals surface area (Å²) >= 11 is 0. The van der Waals surface area contributed by atoms with E-state index in [0.717, 1.165) is 0 Å². The highest BCUT2D eigenvalue weighted by Gasteiger charge is 2.44. The molecule has 1 rings (SSSR count). The van der Waals surface area contributed by atoms with E-state index in [9.17, 15) is 18.0 Å². The van der Waals surface area contributed by atoms with Crippen molar-refractivity contribution in [3.8, 4) is 0 Å². The fourth-order valence-corrected chi connectivity index (χ4v) is 1.01. The lowest BCUT2D eigenvalue weighted by Crippen LogP contribution is -2.32. The maximum atomic E-state index is 12.9. The summed E-state index contributed by atoms with van der Waals surface area (Å²) in [5.74, 6) is -8.07. The van der Waals surface area contributed by atoms with Gasteiger partial charge in [-0.25, -0.2) is 18.0 Å². The molecule has 1 unspecified atom stereocenters. The zero-order valence-electron chi connectivity index (χ0n) is 6.91. The van der Waals surface area contributed by atoms with E-state index in [-0.39, 0.29) is 0 Å². The van der Waals surface area contributed by atoms with Gasteiger partial charge in [0.15, 0.2) is 23.1 Å². The summed E-state index contributed by atoms with van der Waals surface area (Å²) in [5, 5.41) is 17.3. The Labute approximate surface area is 80.4 Å².